The van der Waals surface area contributed by atoms with E-state index in [1.54, 1.807) is 11.8 Å². The van der Waals surface area contributed by atoms with Gasteiger partial charge in [-0.05, 0) is 43.4 Å². The minimum atomic E-state index is -1.16. The molecule has 2 N–H and O–H groups in total. The largest absolute Gasteiger partial charge is 0.356 e. The highest BCUT2D eigenvalue weighted by molar-refractivity contribution is 6.11. The Hall–Kier alpha value is -3.61. The fraction of sp³-hybridized carbons (Fsp3) is 0.370. The Balaban J connectivity index is 1.47. The van der Waals surface area contributed by atoms with Crippen molar-refractivity contribution in [3.8, 4) is 0 Å². The number of fused-ring (bicyclic) bond motifs is 5. The van der Waals surface area contributed by atoms with Crippen molar-refractivity contribution in [2.75, 3.05) is 6.54 Å². The molecule has 3 aromatic rings. The van der Waals surface area contributed by atoms with Crippen LogP contribution < -0.4 is 5.32 Å². The second kappa shape index (κ2) is 8.01. The first-order valence-electron chi connectivity index (χ1n) is 11.8. The van der Waals surface area contributed by atoms with Crippen molar-refractivity contribution in [2.45, 2.75) is 52.2 Å². The lowest BCUT2D eigenvalue weighted by atomic mass is 9.86. The summed E-state index contributed by atoms with van der Waals surface area (Å²) in [6.45, 7) is 8.31. The molecule has 7 nitrogen and oxygen atoms in total. The van der Waals surface area contributed by atoms with Crippen LogP contribution in [-0.4, -0.2) is 45.2 Å². The number of aromatic nitrogens is 1. The molecule has 2 aromatic carbocycles. The molecule has 1 fully saturated rings. The number of carbonyl (C=O) groups excluding carboxylic acids is 3. The normalized spacial score (nSPS) is 20.6. The molecule has 4 amide bonds. The standard InChI is InChI=1S/C27H30N4O3/c1-16(2)22(24(32)28-15-18-11-9-17(3)10-12-18)31-25(33)27(4)23-20(13-14-30(27)26(31)34)19-7-5-6-8-21(19)29-23/h5-12,16,22,29H,13-15H2,1-4H3,(H,28,32). The molecule has 1 aromatic heterocycles. The van der Waals surface area contributed by atoms with Crippen molar-refractivity contribution in [1.82, 2.24) is 20.1 Å². The summed E-state index contributed by atoms with van der Waals surface area (Å²) in [5.74, 6) is -0.912. The molecule has 0 radical (unpaired) electrons. The summed E-state index contributed by atoms with van der Waals surface area (Å²) < 4.78 is 0. The maximum absolute atomic E-state index is 13.9. The highest BCUT2D eigenvalue weighted by Gasteiger charge is 2.61. The molecule has 2 unspecified atom stereocenters. The molecule has 5 rings (SSSR count). The summed E-state index contributed by atoms with van der Waals surface area (Å²) in [5, 5.41) is 4.02. The topological polar surface area (TPSA) is 85.5 Å². The van der Waals surface area contributed by atoms with Crippen LogP contribution >= 0.6 is 0 Å². The number of rotatable bonds is 5. The van der Waals surface area contributed by atoms with Gasteiger partial charge in [0, 0.05) is 24.0 Å². The summed E-state index contributed by atoms with van der Waals surface area (Å²) in [4.78, 5) is 47.0. The lowest BCUT2D eigenvalue weighted by Crippen LogP contribution is -2.53. The Bertz CT molecular complexity index is 1290. The van der Waals surface area contributed by atoms with E-state index in [1.165, 1.54) is 4.90 Å². The number of carbonyl (C=O) groups is 3. The Morgan fingerprint density at radius 1 is 1.12 bits per heavy atom. The predicted octanol–water partition coefficient (Wildman–Crippen LogP) is 3.85. The van der Waals surface area contributed by atoms with Gasteiger partial charge in [-0.25, -0.2) is 9.69 Å². The van der Waals surface area contributed by atoms with Crippen LogP contribution in [0.25, 0.3) is 10.9 Å². The van der Waals surface area contributed by atoms with E-state index in [9.17, 15) is 14.4 Å². The van der Waals surface area contributed by atoms with Crippen LogP contribution in [0.4, 0.5) is 4.79 Å². The number of aromatic amines is 1. The number of hydrogen-bond donors (Lipinski definition) is 2. The van der Waals surface area contributed by atoms with E-state index < -0.39 is 17.6 Å². The first-order valence-corrected chi connectivity index (χ1v) is 11.8. The smallest absolute Gasteiger partial charge is 0.328 e. The molecule has 34 heavy (non-hydrogen) atoms. The van der Waals surface area contributed by atoms with Gasteiger partial charge in [-0.3, -0.25) is 9.59 Å². The van der Waals surface area contributed by atoms with E-state index in [0.29, 0.717) is 19.5 Å². The van der Waals surface area contributed by atoms with Gasteiger partial charge in [0.1, 0.15) is 6.04 Å². The number of para-hydroxylation sites is 1. The lowest BCUT2D eigenvalue weighted by molar-refractivity contribution is -0.140. The van der Waals surface area contributed by atoms with Crippen molar-refractivity contribution in [3.63, 3.8) is 0 Å². The van der Waals surface area contributed by atoms with Gasteiger partial charge in [0.05, 0.1) is 5.69 Å². The van der Waals surface area contributed by atoms with E-state index in [1.807, 2.05) is 69.3 Å². The molecular formula is C27H30N4O3. The second-order valence-electron chi connectivity index (χ2n) is 9.85. The monoisotopic (exact) mass is 458 g/mol. The number of H-pyrrole nitrogens is 1. The summed E-state index contributed by atoms with van der Waals surface area (Å²) >= 11 is 0. The number of nitrogens with one attached hydrogen (secondary N) is 2. The Morgan fingerprint density at radius 3 is 2.53 bits per heavy atom. The van der Waals surface area contributed by atoms with Crippen LogP contribution in [0.2, 0.25) is 0 Å². The van der Waals surface area contributed by atoms with Crippen molar-refractivity contribution in [2.24, 2.45) is 5.92 Å². The molecule has 3 heterocycles. The highest BCUT2D eigenvalue weighted by Crippen LogP contribution is 2.45. The quantitative estimate of drug-likeness (QED) is 0.570. The molecular weight excluding hydrogens is 428 g/mol. The molecule has 176 valence electrons. The number of urea groups is 1. The predicted molar refractivity (Wildman–Crippen MR) is 130 cm³/mol. The van der Waals surface area contributed by atoms with Gasteiger partial charge in [0.25, 0.3) is 5.91 Å². The van der Waals surface area contributed by atoms with E-state index in [0.717, 1.165) is 33.3 Å². The number of amides is 4. The van der Waals surface area contributed by atoms with E-state index in [4.69, 9.17) is 0 Å². The average Bonchev–Trinajstić information content (AvgIpc) is 3.29. The molecule has 2 aliphatic heterocycles. The Morgan fingerprint density at radius 2 is 1.82 bits per heavy atom. The fourth-order valence-corrected chi connectivity index (χ4v) is 5.38. The second-order valence-corrected chi connectivity index (χ2v) is 9.85. The van der Waals surface area contributed by atoms with Crippen LogP contribution in [0.15, 0.2) is 48.5 Å². The molecule has 1 saturated heterocycles. The van der Waals surface area contributed by atoms with Gasteiger partial charge in [-0.1, -0.05) is 61.9 Å². The van der Waals surface area contributed by atoms with Crippen LogP contribution in [0.1, 0.15) is 43.2 Å². The first kappa shape index (κ1) is 22.2. The fourth-order valence-electron chi connectivity index (χ4n) is 5.38. The number of imide groups is 1. The number of nitrogens with zero attached hydrogens (tertiary/aromatic N) is 2. The summed E-state index contributed by atoms with van der Waals surface area (Å²) in [6, 6.07) is 14.6. The zero-order chi connectivity index (χ0) is 24.2. The van der Waals surface area contributed by atoms with Crippen molar-refractivity contribution < 1.29 is 14.4 Å². The van der Waals surface area contributed by atoms with Crippen molar-refractivity contribution in [1.29, 1.82) is 0 Å². The average molecular weight is 459 g/mol. The molecule has 0 aliphatic carbocycles. The van der Waals surface area contributed by atoms with Gasteiger partial charge < -0.3 is 15.2 Å². The lowest BCUT2D eigenvalue weighted by Gasteiger charge is -2.36. The molecule has 0 saturated carbocycles. The van der Waals surface area contributed by atoms with E-state index in [-0.39, 0.29) is 17.7 Å². The van der Waals surface area contributed by atoms with Crippen LogP contribution in [0.3, 0.4) is 0 Å². The zero-order valence-electron chi connectivity index (χ0n) is 20.0. The van der Waals surface area contributed by atoms with Crippen molar-refractivity contribution in [3.05, 3.63) is 70.9 Å². The van der Waals surface area contributed by atoms with Crippen LogP contribution in [-0.2, 0) is 28.1 Å². The molecule has 2 aliphatic rings. The minimum absolute atomic E-state index is 0.238. The third-order valence-electron chi connectivity index (χ3n) is 7.26. The van der Waals surface area contributed by atoms with Crippen molar-refractivity contribution >= 4 is 28.7 Å². The third-order valence-corrected chi connectivity index (χ3v) is 7.26. The minimum Gasteiger partial charge on any atom is -0.356 e. The SMILES string of the molecule is Cc1ccc(CNC(=O)C(C(C)C)N2C(=O)N3CCc4c([nH]c5ccccc45)C3(C)C2=O)cc1. The summed E-state index contributed by atoms with van der Waals surface area (Å²) in [6.07, 6.45) is 0.660. The summed E-state index contributed by atoms with van der Waals surface area (Å²) in [5.41, 5.74) is 3.72. The maximum atomic E-state index is 13.9. The van der Waals surface area contributed by atoms with Gasteiger partial charge in [0.15, 0.2) is 5.54 Å². The van der Waals surface area contributed by atoms with E-state index in [2.05, 4.69) is 10.3 Å². The number of hydrogen-bond acceptors (Lipinski definition) is 3. The third kappa shape index (κ3) is 3.22. The molecule has 0 spiro atoms. The van der Waals surface area contributed by atoms with E-state index >= 15 is 0 Å². The Labute approximate surface area is 199 Å². The number of aryl methyl sites for hydroxylation is 1. The van der Waals surface area contributed by atoms with Gasteiger partial charge in [0.2, 0.25) is 5.91 Å². The maximum Gasteiger partial charge on any atom is 0.328 e. The van der Waals surface area contributed by atoms with Gasteiger partial charge in [-0.15, -0.1) is 0 Å². The molecule has 7 heteroatoms. The van der Waals surface area contributed by atoms with Crippen LogP contribution in [0.5, 0.6) is 0 Å². The molecule has 0 bridgehead atoms. The zero-order valence-corrected chi connectivity index (χ0v) is 20.0. The Kier molecular flexibility index (Phi) is 5.23. The van der Waals surface area contributed by atoms with Gasteiger partial charge >= 0.3 is 6.03 Å². The first-order chi connectivity index (χ1) is 16.2. The van der Waals surface area contributed by atoms with Crippen LogP contribution in [0, 0.1) is 12.8 Å². The van der Waals surface area contributed by atoms with Gasteiger partial charge in [-0.2, -0.15) is 0 Å². The molecule has 2 atom stereocenters. The summed E-state index contributed by atoms with van der Waals surface area (Å²) in [7, 11) is 0. The number of benzene rings is 2. The highest BCUT2D eigenvalue weighted by atomic mass is 16.2.